The lowest BCUT2D eigenvalue weighted by Crippen LogP contribution is -1.95. The molecule has 0 aliphatic heterocycles. The third kappa shape index (κ3) is 1.69. The van der Waals surface area contributed by atoms with Gasteiger partial charge in [-0.25, -0.2) is 9.97 Å². The molecule has 0 atom stereocenters. The van der Waals surface area contributed by atoms with Gasteiger partial charge < -0.3 is 4.98 Å². The molecule has 2 rings (SSSR count). The van der Waals surface area contributed by atoms with Crippen molar-refractivity contribution < 1.29 is 0 Å². The summed E-state index contributed by atoms with van der Waals surface area (Å²) in [6.07, 6.45) is 2.75. The van der Waals surface area contributed by atoms with Gasteiger partial charge in [-0.3, -0.25) is 0 Å². The Hall–Kier alpha value is -1.38. The van der Waals surface area contributed by atoms with E-state index in [9.17, 15) is 0 Å². The molecule has 0 aromatic carbocycles. The first-order valence-electron chi connectivity index (χ1n) is 4.55. The lowest BCUT2D eigenvalue weighted by atomic mass is 10.1. The first-order valence-corrected chi connectivity index (χ1v) is 4.55. The van der Waals surface area contributed by atoms with Crippen LogP contribution in [0.15, 0.2) is 18.3 Å². The van der Waals surface area contributed by atoms with Gasteiger partial charge in [-0.2, -0.15) is 0 Å². The molecule has 3 heteroatoms. The van der Waals surface area contributed by atoms with Gasteiger partial charge in [0.05, 0.1) is 5.52 Å². The van der Waals surface area contributed by atoms with Crippen molar-refractivity contribution in [3.63, 3.8) is 0 Å². The van der Waals surface area contributed by atoms with Gasteiger partial charge in [-0.1, -0.05) is 13.8 Å². The fourth-order valence-corrected chi connectivity index (χ4v) is 1.38. The molecular formula is C10H13N3. The summed E-state index contributed by atoms with van der Waals surface area (Å²) in [4.78, 5) is 11.8. The first-order chi connectivity index (χ1) is 6.25. The molecule has 13 heavy (non-hydrogen) atoms. The molecule has 0 saturated carbocycles. The molecule has 0 amide bonds. The minimum Gasteiger partial charge on any atom is -0.341 e. The first kappa shape index (κ1) is 8.23. The maximum Gasteiger partial charge on any atom is 0.177 e. The summed E-state index contributed by atoms with van der Waals surface area (Å²) in [6.45, 7) is 4.36. The van der Waals surface area contributed by atoms with Gasteiger partial charge in [-0.15, -0.1) is 0 Å². The zero-order valence-electron chi connectivity index (χ0n) is 7.91. The molecule has 0 unspecified atom stereocenters. The van der Waals surface area contributed by atoms with Gasteiger partial charge in [0.25, 0.3) is 0 Å². The van der Waals surface area contributed by atoms with Crippen LogP contribution < -0.4 is 0 Å². The number of H-pyrrole nitrogens is 1. The average Bonchev–Trinajstić information content (AvgIpc) is 2.44. The van der Waals surface area contributed by atoms with E-state index in [2.05, 4.69) is 28.8 Å². The fourth-order valence-electron chi connectivity index (χ4n) is 1.38. The standard InChI is InChI=1S/C10H13N3/c1-7(2)6-9-12-8-4-3-5-11-10(8)13-9/h3-5,7H,6H2,1-2H3,(H,11,12,13). The fraction of sp³-hybridized carbons (Fsp3) is 0.400. The zero-order chi connectivity index (χ0) is 9.26. The van der Waals surface area contributed by atoms with E-state index >= 15 is 0 Å². The SMILES string of the molecule is CC(C)Cc1nc2ncccc2[nH]1. The van der Waals surface area contributed by atoms with E-state index in [0.717, 1.165) is 23.4 Å². The second kappa shape index (κ2) is 3.17. The largest absolute Gasteiger partial charge is 0.341 e. The molecule has 0 saturated heterocycles. The Balaban J connectivity index is 2.38. The monoisotopic (exact) mass is 175 g/mol. The van der Waals surface area contributed by atoms with Crippen LogP contribution in [-0.2, 0) is 6.42 Å². The van der Waals surface area contributed by atoms with Gasteiger partial charge in [0.2, 0.25) is 0 Å². The van der Waals surface area contributed by atoms with E-state index < -0.39 is 0 Å². The summed E-state index contributed by atoms with van der Waals surface area (Å²) in [6, 6.07) is 3.92. The van der Waals surface area contributed by atoms with Crippen molar-refractivity contribution in [1.29, 1.82) is 0 Å². The number of rotatable bonds is 2. The molecule has 0 radical (unpaired) electrons. The van der Waals surface area contributed by atoms with Crippen molar-refractivity contribution in [3.05, 3.63) is 24.2 Å². The van der Waals surface area contributed by atoms with Crippen molar-refractivity contribution in [2.24, 2.45) is 5.92 Å². The molecule has 0 aliphatic carbocycles. The number of hydrogen-bond donors (Lipinski definition) is 1. The molecular weight excluding hydrogens is 162 g/mol. The van der Waals surface area contributed by atoms with E-state index in [0.29, 0.717) is 5.92 Å². The van der Waals surface area contributed by atoms with E-state index in [4.69, 9.17) is 0 Å². The highest BCUT2D eigenvalue weighted by Crippen LogP contribution is 2.10. The maximum atomic E-state index is 4.39. The summed E-state index contributed by atoms with van der Waals surface area (Å²) in [7, 11) is 0. The zero-order valence-corrected chi connectivity index (χ0v) is 7.91. The highest BCUT2D eigenvalue weighted by Gasteiger charge is 2.04. The summed E-state index contributed by atoms with van der Waals surface area (Å²) in [5.41, 5.74) is 1.84. The number of nitrogens with one attached hydrogen (secondary N) is 1. The molecule has 2 heterocycles. The van der Waals surface area contributed by atoms with E-state index in [1.165, 1.54) is 0 Å². The van der Waals surface area contributed by atoms with Crippen molar-refractivity contribution in [2.75, 3.05) is 0 Å². The summed E-state index contributed by atoms with van der Waals surface area (Å²) in [5, 5.41) is 0. The van der Waals surface area contributed by atoms with Gasteiger partial charge in [0, 0.05) is 12.6 Å². The molecule has 2 aromatic heterocycles. The Labute approximate surface area is 77.2 Å². The molecule has 68 valence electrons. The highest BCUT2D eigenvalue weighted by molar-refractivity contribution is 5.69. The van der Waals surface area contributed by atoms with Crippen molar-refractivity contribution in [2.45, 2.75) is 20.3 Å². The topological polar surface area (TPSA) is 41.6 Å². The second-order valence-corrected chi connectivity index (χ2v) is 3.66. The van der Waals surface area contributed by atoms with Crippen LogP contribution in [0.4, 0.5) is 0 Å². The number of aromatic nitrogens is 3. The Kier molecular flexibility index (Phi) is 2.00. The second-order valence-electron chi connectivity index (χ2n) is 3.66. The van der Waals surface area contributed by atoms with E-state index in [-0.39, 0.29) is 0 Å². The van der Waals surface area contributed by atoms with Crippen LogP contribution in [0.3, 0.4) is 0 Å². The van der Waals surface area contributed by atoms with Crippen LogP contribution >= 0.6 is 0 Å². The molecule has 2 aromatic rings. The Morgan fingerprint density at radius 3 is 3.00 bits per heavy atom. The lowest BCUT2D eigenvalue weighted by molar-refractivity contribution is 0.627. The Morgan fingerprint density at radius 2 is 2.31 bits per heavy atom. The molecule has 0 aliphatic rings. The van der Waals surface area contributed by atoms with Crippen molar-refractivity contribution >= 4 is 11.2 Å². The third-order valence-corrected chi connectivity index (χ3v) is 1.91. The average molecular weight is 175 g/mol. The minimum atomic E-state index is 0.626. The predicted molar refractivity (Wildman–Crippen MR) is 52.4 cm³/mol. The van der Waals surface area contributed by atoms with Crippen LogP contribution in [0.5, 0.6) is 0 Å². The summed E-state index contributed by atoms with van der Waals surface area (Å²) >= 11 is 0. The molecule has 0 spiro atoms. The number of pyridine rings is 1. The van der Waals surface area contributed by atoms with E-state index in [1.54, 1.807) is 6.20 Å². The number of imidazole rings is 1. The van der Waals surface area contributed by atoms with Gasteiger partial charge in [0.15, 0.2) is 5.65 Å². The molecule has 3 nitrogen and oxygen atoms in total. The van der Waals surface area contributed by atoms with Crippen LogP contribution in [-0.4, -0.2) is 15.0 Å². The van der Waals surface area contributed by atoms with Crippen LogP contribution in [0.2, 0.25) is 0 Å². The molecule has 0 fully saturated rings. The van der Waals surface area contributed by atoms with Crippen LogP contribution in [0.1, 0.15) is 19.7 Å². The number of aromatic amines is 1. The van der Waals surface area contributed by atoms with Crippen LogP contribution in [0.25, 0.3) is 11.2 Å². The third-order valence-electron chi connectivity index (χ3n) is 1.91. The Morgan fingerprint density at radius 1 is 1.46 bits per heavy atom. The van der Waals surface area contributed by atoms with Crippen molar-refractivity contribution in [3.8, 4) is 0 Å². The summed E-state index contributed by atoms with van der Waals surface area (Å²) in [5.74, 6) is 1.66. The normalized spacial score (nSPS) is 11.3. The van der Waals surface area contributed by atoms with Gasteiger partial charge in [-0.05, 0) is 18.1 Å². The summed E-state index contributed by atoms with van der Waals surface area (Å²) < 4.78 is 0. The molecule has 0 bridgehead atoms. The minimum absolute atomic E-state index is 0.626. The predicted octanol–water partition coefficient (Wildman–Crippen LogP) is 2.16. The van der Waals surface area contributed by atoms with Gasteiger partial charge >= 0.3 is 0 Å². The number of hydrogen-bond acceptors (Lipinski definition) is 2. The lowest BCUT2D eigenvalue weighted by Gasteiger charge is -1.98. The quantitative estimate of drug-likeness (QED) is 0.759. The molecule has 1 N–H and O–H groups in total. The maximum absolute atomic E-state index is 4.39. The Bertz CT molecular complexity index is 370. The number of fused-ring (bicyclic) bond motifs is 1. The van der Waals surface area contributed by atoms with E-state index in [1.807, 2.05) is 12.1 Å². The number of nitrogens with zero attached hydrogens (tertiary/aromatic N) is 2. The van der Waals surface area contributed by atoms with Crippen LogP contribution in [0, 0.1) is 5.92 Å². The smallest absolute Gasteiger partial charge is 0.177 e. The van der Waals surface area contributed by atoms with Crippen molar-refractivity contribution in [1.82, 2.24) is 15.0 Å². The highest BCUT2D eigenvalue weighted by atomic mass is 15.0. The van der Waals surface area contributed by atoms with Gasteiger partial charge in [0.1, 0.15) is 5.82 Å².